The number of hydrogen-bond donors (Lipinski definition) is 0. The van der Waals surface area contributed by atoms with Gasteiger partial charge in [0.05, 0.1) is 12.7 Å². The molecule has 1 aliphatic carbocycles. The average molecular weight is 320 g/mol. The third-order valence-corrected chi connectivity index (χ3v) is 4.76. The normalized spacial score (nSPS) is 23.4. The van der Waals surface area contributed by atoms with Crippen LogP contribution in [0.3, 0.4) is 0 Å². The van der Waals surface area contributed by atoms with E-state index >= 15 is 0 Å². The highest BCUT2D eigenvalue weighted by atomic mass is 16.5. The van der Waals surface area contributed by atoms with Crippen LogP contribution < -0.4 is 0 Å². The van der Waals surface area contributed by atoms with Gasteiger partial charge in [0.15, 0.2) is 0 Å². The molecular formula is C21H37NO. The Kier molecular flexibility index (Phi) is 11.0. The van der Waals surface area contributed by atoms with Crippen LogP contribution in [-0.4, -0.2) is 36.7 Å². The van der Waals surface area contributed by atoms with Gasteiger partial charge in [0.2, 0.25) is 0 Å². The van der Waals surface area contributed by atoms with Gasteiger partial charge in [-0.05, 0) is 52.6 Å². The van der Waals surface area contributed by atoms with Crippen LogP contribution in [-0.2, 0) is 4.74 Å². The SMILES string of the molecule is C\C=C/C=C\C(=C/C)CCO[C@H]1CCCC[C@@H]1N(CC)CCC. The van der Waals surface area contributed by atoms with E-state index in [1.54, 1.807) is 0 Å². The molecule has 0 unspecified atom stereocenters. The van der Waals surface area contributed by atoms with Gasteiger partial charge in [-0.25, -0.2) is 0 Å². The van der Waals surface area contributed by atoms with E-state index in [0.29, 0.717) is 12.1 Å². The summed E-state index contributed by atoms with van der Waals surface area (Å²) in [5.74, 6) is 0. The van der Waals surface area contributed by atoms with Gasteiger partial charge in [-0.15, -0.1) is 0 Å². The number of rotatable bonds is 10. The minimum absolute atomic E-state index is 0.424. The number of hydrogen-bond acceptors (Lipinski definition) is 2. The molecule has 132 valence electrons. The highest BCUT2D eigenvalue weighted by Gasteiger charge is 2.29. The first-order chi connectivity index (χ1) is 11.3. The smallest absolute Gasteiger partial charge is 0.0730 e. The predicted octanol–water partition coefficient (Wildman–Crippen LogP) is 5.51. The molecule has 0 radical (unpaired) electrons. The molecule has 2 atom stereocenters. The number of nitrogens with zero attached hydrogens (tertiary/aromatic N) is 1. The lowest BCUT2D eigenvalue weighted by atomic mass is 9.91. The number of likely N-dealkylation sites (N-methyl/N-ethyl adjacent to an activating group) is 1. The molecular weight excluding hydrogens is 282 g/mol. The molecule has 0 N–H and O–H groups in total. The van der Waals surface area contributed by atoms with E-state index in [-0.39, 0.29) is 0 Å². The Morgan fingerprint density at radius 1 is 1.13 bits per heavy atom. The van der Waals surface area contributed by atoms with Crippen LogP contribution in [0.1, 0.15) is 66.2 Å². The zero-order valence-electron chi connectivity index (χ0n) is 15.8. The number of allylic oxidation sites excluding steroid dienone is 5. The zero-order chi connectivity index (χ0) is 16.9. The van der Waals surface area contributed by atoms with Crippen LogP contribution in [0.15, 0.2) is 36.0 Å². The molecule has 1 rings (SSSR count). The molecule has 0 heterocycles. The maximum atomic E-state index is 6.33. The maximum Gasteiger partial charge on any atom is 0.0730 e. The lowest BCUT2D eigenvalue weighted by molar-refractivity contribution is -0.0339. The molecule has 2 nitrogen and oxygen atoms in total. The quantitative estimate of drug-likeness (QED) is 0.492. The van der Waals surface area contributed by atoms with Gasteiger partial charge in [0, 0.05) is 6.04 Å². The van der Waals surface area contributed by atoms with E-state index < -0.39 is 0 Å². The van der Waals surface area contributed by atoms with E-state index in [4.69, 9.17) is 4.74 Å². The minimum atomic E-state index is 0.424. The Morgan fingerprint density at radius 2 is 1.91 bits per heavy atom. The Bertz CT molecular complexity index is 383. The fourth-order valence-corrected chi connectivity index (χ4v) is 3.48. The van der Waals surface area contributed by atoms with Crippen molar-refractivity contribution >= 4 is 0 Å². The molecule has 0 aromatic heterocycles. The van der Waals surface area contributed by atoms with Crippen LogP contribution in [0.2, 0.25) is 0 Å². The van der Waals surface area contributed by atoms with Crippen molar-refractivity contribution in [2.24, 2.45) is 0 Å². The fraction of sp³-hybridized carbons (Fsp3) is 0.714. The van der Waals surface area contributed by atoms with Crippen LogP contribution in [0.25, 0.3) is 0 Å². The second-order valence-corrected chi connectivity index (χ2v) is 6.39. The van der Waals surface area contributed by atoms with Crippen molar-refractivity contribution in [2.75, 3.05) is 19.7 Å². The van der Waals surface area contributed by atoms with E-state index in [1.807, 2.05) is 6.92 Å². The second-order valence-electron chi connectivity index (χ2n) is 6.39. The molecule has 1 saturated carbocycles. The van der Waals surface area contributed by atoms with Crippen LogP contribution in [0.5, 0.6) is 0 Å². The second kappa shape index (κ2) is 12.5. The average Bonchev–Trinajstić information content (AvgIpc) is 2.59. The summed E-state index contributed by atoms with van der Waals surface area (Å²) >= 11 is 0. The molecule has 0 aromatic carbocycles. The summed E-state index contributed by atoms with van der Waals surface area (Å²) < 4.78 is 6.33. The zero-order valence-corrected chi connectivity index (χ0v) is 15.8. The first kappa shape index (κ1) is 20.2. The first-order valence-electron chi connectivity index (χ1n) is 9.56. The minimum Gasteiger partial charge on any atom is -0.376 e. The summed E-state index contributed by atoms with van der Waals surface area (Å²) in [5.41, 5.74) is 1.36. The van der Waals surface area contributed by atoms with Crippen LogP contribution >= 0.6 is 0 Å². The van der Waals surface area contributed by atoms with Crippen molar-refractivity contribution in [3.63, 3.8) is 0 Å². The third kappa shape index (κ3) is 7.50. The van der Waals surface area contributed by atoms with Crippen molar-refractivity contribution in [1.29, 1.82) is 0 Å². The van der Waals surface area contributed by atoms with Crippen LogP contribution in [0, 0.1) is 0 Å². The third-order valence-electron chi connectivity index (χ3n) is 4.76. The summed E-state index contributed by atoms with van der Waals surface area (Å²) in [5, 5.41) is 0. The fourth-order valence-electron chi connectivity index (χ4n) is 3.48. The van der Waals surface area contributed by atoms with E-state index in [2.05, 4.69) is 56.1 Å². The van der Waals surface area contributed by atoms with Crippen LogP contribution in [0.4, 0.5) is 0 Å². The lowest BCUT2D eigenvalue weighted by Gasteiger charge is -2.39. The van der Waals surface area contributed by atoms with Crippen molar-refractivity contribution < 1.29 is 4.74 Å². The highest BCUT2D eigenvalue weighted by Crippen LogP contribution is 2.26. The van der Waals surface area contributed by atoms with E-state index in [0.717, 1.165) is 19.6 Å². The molecule has 0 saturated heterocycles. The van der Waals surface area contributed by atoms with Gasteiger partial charge in [-0.3, -0.25) is 4.90 Å². The molecule has 0 aromatic rings. The highest BCUT2D eigenvalue weighted by molar-refractivity contribution is 5.21. The molecule has 23 heavy (non-hydrogen) atoms. The van der Waals surface area contributed by atoms with Gasteiger partial charge in [-0.1, -0.05) is 62.6 Å². The number of ether oxygens (including phenoxy) is 1. The van der Waals surface area contributed by atoms with Gasteiger partial charge in [0.1, 0.15) is 0 Å². The van der Waals surface area contributed by atoms with Crippen molar-refractivity contribution in [1.82, 2.24) is 4.90 Å². The summed E-state index contributed by atoms with van der Waals surface area (Å²) in [4.78, 5) is 2.63. The first-order valence-corrected chi connectivity index (χ1v) is 9.56. The van der Waals surface area contributed by atoms with Gasteiger partial charge >= 0.3 is 0 Å². The molecule has 1 aliphatic rings. The molecule has 0 bridgehead atoms. The molecule has 0 aliphatic heterocycles. The largest absolute Gasteiger partial charge is 0.376 e. The van der Waals surface area contributed by atoms with Gasteiger partial charge < -0.3 is 4.74 Å². The van der Waals surface area contributed by atoms with Gasteiger partial charge in [-0.2, -0.15) is 0 Å². The molecule has 2 heteroatoms. The topological polar surface area (TPSA) is 12.5 Å². The maximum absolute atomic E-state index is 6.33. The summed E-state index contributed by atoms with van der Waals surface area (Å²) in [6, 6.07) is 0.626. The monoisotopic (exact) mass is 319 g/mol. The standard InChI is InChI=1S/C21H37NO/c1-5-9-10-13-19(7-3)16-18-23-21-15-12-11-14-20(21)22(8-4)17-6-2/h5,7,9-10,13,20-21H,6,8,11-12,14-18H2,1-4H3/b9-5-,13-10-,19-7+/t20-,21-/m0/s1. The van der Waals surface area contributed by atoms with Crippen molar-refractivity contribution in [3.8, 4) is 0 Å². The summed E-state index contributed by atoms with van der Waals surface area (Å²) in [7, 11) is 0. The Morgan fingerprint density at radius 3 is 2.57 bits per heavy atom. The van der Waals surface area contributed by atoms with E-state index in [9.17, 15) is 0 Å². The van der Waals surface area contributed by atoms with Gasteiger partial charge in [0.25, 0.3) is 0 Å². The lowest BCUT2D eigenvalue weighted by Crippen LogP contribution is -2.47. The molecule has 0 amide bonds. The Hall–Kier alpha value is -0.860. The molecule has 1 fully saturated rings. The summed E-state index contributed by atoms with van der Waals surface area (Å²) in [6.45, 7) is 11.9. The predicted molar refractivity (Wildman–Crippen MR) is 102 cm³/mol. The van der Waals surface area contributed by atoms with Crippen molar-refractivity contribution in [3.05, 3.63) is 36.0 Å². The summed E-state index contributed by atoms with van der Waals surface area (Å²) in [6.07, 6.45) is 18.5. The van der Waals surface area contributed by atoms with E-state index in [1.165, 1.54) is 44.2 Å². The Balaban J connectivity index is 2.49. The Labute approximate surface area is 144 Å². The van der Waals surface area contributed by atoms with Crippen molar-refractivity contribution in [2.45, 2.75) is 78.4 Å². The molecule has 0 spiro atoms.